The fraction of sp³-hybridized carbons (Fsp3) is 0.417. The van der Waals surface area contributed by atoms with Gasteiger partial charge in [0, 0.05) is 18.8 Å². The summed E-state index contributed by atoms with van der Waals surface area (Å²) in [5, 5.41) is 10.5. The number of nitrogens with one attached hydrogen (secondary N) is 1. The minimum atomic E-state index is -0.323. The Hall–Kier alpha value is -2.31. The number of aromatic nitrogens is 3. The number of hydrogen-bond donors (Lipinski definition) is 1. The maximum Gasteiger partial charge on any atom is 0.264 e. The van der Waals surface area contributed by atoms with Gasteiger partial charge in [0.1, 0.15) is 11.3 Å². The van der Waals surface area contributed by atoms with Crippen LogP contribution in [0.1, 0.15) is 30.0 Å². The zero-order valence-corrected chi connectivity index (χ0v) is 11.1. The van der Waals surface area contributed by atoms with Crippen LogP contribution in [0.4, 0.5) is 5.82 Å². The Morgan fingerprint density at radius 1 is 1.53 bits per heavy atom. The fourth-order valence-corrected chi connectivity index (χ4v) is 1.57. The van der Waals surface area contributed by atoms with Gasteiger partial charge < -0.3 is 14.6 Å². The van der Waals surface area contributed by atoms with Crippen LogP contribution in [0.2, 0.25) is 0 Å². The van der Waals surface area contributed by atoms with Crippen molar-refractivity contribution in [3.8, 4) is 5.88 Å². The number of hydrogen-bond acceptors (Lipinski definition) is 5. The topological polar surface area (TPSA) is 82.2 Å². The highest BCUT2D eigenvalue weighted by molar-refractivity contribution is 6.05. The van der Waals surface area contributed by atoms with Crippen LogP contribution in [0.25, 0.3) is 0 Å². The molecule has 0 saturated carbocycles. The number of amides is 1. The van der Waals surface area contributed by atoms with Crippen LogP contribution in [-0.2, 0) is 6.54 Å². The molecule has 2 heterocycles. The number of carbonyl (C=O) groups is 1. The molecule has 2 aromatic rings. The highest BCUT2D eigenvalue weighted by Crippen LogP contribution is 2.18. The van der Waals surface area contributed by atoms with Gasteiger partial charge in [0.15, 0.2) is 5.82 Å². The summed E-state index contributed by atoms with van der Waals surface area (Å²) in [6.07, 6.45) is 1.65. The van der Waals surface area contributed by atoms with E-state index in [1.54, 1.807) is 23.9 Å². The molecule has 19 heavy (non-hydrogen) atoms. The summed E-state index contributed by atoms with van der Waals surface area (Å²) in [6.45, 7) is 6.64. The first-order chi connectivity index (χ1) is 9.13. The lowest BCUT2D eigenvalue weighted by Gasteiger charge is -2.02. The number of rotatable bonds is 5. The zero-order chi connectivity index (χ0) is 13.8. The van der Waals surface area contributed by atoms with E-state index in [4.69, 9.17) is 9.26 Å². The van der Waals surface area contributed by atoms with Crippen LogP contribution in [-0.4, -0.2) is 27.5 Å². The van der Waals surface area contributed by atoms with Gasteiger partial charge in [-0.1, -0.05) is 5.16 Å². The van der Waals surface area contributed by atoms with Crippen molar-refractivity contribution in [1.82, 2.24) is 14.9 Å². The summed E-state index contributed by atoms with van der Waals surface area (Å²) >= 11 is 0. The van der Waals surface area contributed by atoms with Gasteiger partial charge in [-0.3, -0.25) is 9.48 Å². The molecule has 0 atom stereocenters. The molecule has 0 aliphatic rings. The van der Waals surface area contributed by atoms with Gasteiger partial charge in [-0.15, -0.1) is 5.10 Å². The molecular formula is C12H16N4O3. The number of ether oxygens (including phenoxy) is 1. The molecule has 0 aliphatic heterocycles. The maximum atomic E-state index is 12.1. The molecule has 7 heteroatoms. The summed E-state index contributed by atoms with van der Waals surface area (Å²) in [7, 11) is 0. The molecule has 0 aromatic carbocycles. The van der Waals surface area contributed by atoms with E-state index >= 15 is 0 Å². The first kappa shape index (κ1) is 13.1. The highest BCUT2D eigenvalue weighted by Gasteiger charge is 2.18. The van der Waals surface area contributed by atoms with Crippen molar-refractivity contribution in [3.05, 3.63) is 23.6 Å². The second kappa shape index (κ2) is 5.55. The van der Waals surface area contributed by atoms with Gasteiger partial charge >= 0.3 is 0 Å². The third kappa shape index (κ3) is 2.93. The smallest absolute Gasteiger partial charge is 0.264 e. The Kier molecular flexibility index (Phi) is 3.84. The Bertz CT molecular complexity index is 573. The predicted octanol–water partition coefficient (Wildman–Crippen LogP) is 1.85. The van der Waals surface area contributed by atoms with E-state index in [9.17, 15) is 4.79 Å². The van der Waals surface area contributed by atoms with Crippen LogP contribution in [0.3, 0.4) is 0 Å². The van der Waals surface area contributed by atoms with E-state index < -0.39 is 0 Å². The van der Waals surface area contributed by atoms with E-state index in [0.717, 1.165) is 0 Å². The lowest BCUT2D eigenvalue weighted by molar-refractivity contribution is 0.102. The van der Waals surface area contributed by atoms with Crippen LogP contribution in [0.5, 0.6) is 5.88 Å². The lowest BCUT2D eigenvalue weighted by atomic mass is 10.3. The number of carbonyl (C=O) groups excluding carboxylic acids is 1. The molecule has 2 rings (SSSR count). The molecule has 0 radical (unpaired) electrons. The summed E-state index contributed by atoms with van der Waals surface area (Å²) in [5.74, 6) is 0.997. The van der Waals surface area contributed by atoms with Crippen LogP contribution < -0.4 is 10.1 Å². The molecule has 0 spiro atoms. The van der Waals surface area contributed by atoms with Crippen molar-refractivity contribution in [2.24, 2.45) is 0 Å². The first-order valence-corrected chi connectivity index (χ1v) is 6.09. The van der Waals surface area contributed by atoms with Crippen molar-refractivity contribution in [1.29, 1.82) is 0 Å². The largest absolute Gasteiger partial charge is 0.476 e. The third-order valence-electron chi connectivity index (χ3n) is 2.45. The lowest BCUT2D eigenvalue weighted by Crippen LogP contribution is -2.13. The first-order valence-electron chi connectivity index (χ1n) is 6.09. The molecule has 0 unspecified atom stereocenters. The minimum absolute atomic E-state index is 0.321. The Balaban J connectivity index is 2.19. The quantitative estimate of drug-likeness (QED) is 0.891. The molecular weight excluding hydrogens is 248 g/mol. The molecule has 2 aromatic heterocycles. The van der Waals surface area contributed by atoms with Gasteiger partial charge in [-0.25, -0.2) is 0 Å². The Morgan fingerprint density at radius 3 is 2.89 bits per heavy atom. The van der Waals surface area contributed by atoms with Crippen LogP contribution in [0, 0.1) is 6.92 Å². The summed E-state index contributed by atoms with van der Waals surface area (Å²) < 4.78 is 11.9. The monoisotopic (exact) mass is 264 g/mol. The second-order valence-corrected chi connectivity index (χ2v) is 3.91. The third-order valence-corrected chi connectivity index (χ3v) is 2.45. The van der Waals surface area contributed by atoms with E-state index in [0.29, 0.717) is 36.2 Å². The molecule has 1 N–H and O–H groups in total. The molecule has 0 fully saturated rings. The van der Waals surface area contributed by atoms with Gasteiger partial charge in [0.25, 0.3) is 5.91 Å². The summed E-state index contributed by atoms with van der Waals surface area (Å²) in [4.78, 5) is 12.1. The molecule has 102 valence electrons. The average molecular weight is 264 g/mol. The van der Waals surface area contributed by atoms with Gasteiger partial charge in [-0.05, 0) is 20.8 Å². The van der Waals surface area contributed by atoms with E-state index in [2.05, 4.69) is 15.6 Å². The second-order valence-electron chi connectivity index (χ2n) is 3.91. The molecule has 0 bridgehead atoms. The summed E-state index contributed by atoms with van der Waals surface area (Å²) in [5.41, 5.74) is 0.379. The van der Waals surface area contributed by atoms with E-state index in [1.807, 2.05) is 13.8 Å². The van der Waals surface area contributed by atoms with Gasteiger partial charge in [0.05, 0.1) is 6.61 Å². The van der Waals surface area contributed by atoms with E-state index in [1.165, 1.54) is 0 Å². The highest BCUT2D eigenvalue weighted by atomic mass is 16.5. The molecule has 1 amide bonds. The van der Waals surface area contributed by atoms with Gasteiger partial charge in [0.2, 0.25) is 5.88 Å². The Labute approximate surface area is 110 Å². The molecule has 0 aliphatic carbocycles. The minimum Gasteiger partial charge on any atom is -0.476 e. The number of nitrogens with zero attached hydrogens (tertiary/aromatic N) is 3. The number of anilines is 1. The van der Waals surface area contributed by atoms with Crippen molar-refractivity contribution in [2.75, 3.05) is 11.9 Å². The molecule has 7 nitrogen and oxygen atoms in total. The zero-order valence-electron chi connectivity index (χ0n) is 11.1. The Morgan fingerprint density at radius 2 is 2.32 bits per heavy atom. The summed E-state index contributed by atoms with van der Waals surface area (Å²) in [6, 6.07) is 1.64. The van der Waals surface area contributed by atoms with Crippen molar-refractivity contribution < 1.29 is 14.1 Å². The average Bonchev–Trinajstić information content (AvgIpc) is 2.96. The van der Waals surface area contributed by atoms with Gasteiger partial charge in [-0.2, -0.15) is 0 Å². The van der Waals surface area contributed by atoms with Crippen LogP contribution >= 0.6 is 0 Å². The SMILES string of the molecule is CCOc1nn(CC)cc1C(=O)Nc1cc(C)on1. The van der Waals surface area contributed by atoms with Crippen molar-refractivity contribution in [3.63, 3.8) is 0 Å². The number of aryl methyl sites for hydroxylation is 2. The molecule has 0 saturated heterocycles. The van der Waals surface area contributed by atoms with E-state index in [-0.39, 0.29) is 5.91 Å². The maximum absolute atomic E-state index is 12.1. The van der Waals surface area contributed by atoms with Crippen molar-refractivity contribution >= 4 is 11.7 Å². The fourth-order valence-electron chi connectivity index (χ4n) is 1.57. The normalized spacial score (nSPS) is 10.5. The van der Waals surface area contributed by atoms with Crippen LogP contribution in [0.15, 0.2) is 16.8 Å². The predicted molar refractivity (Wildman–Crippen MR) is 68.3 cm³/mol. The standard InChI is InChI=1S/C12H16N4O3/c1-4-16-7-9(12(14-16)18-5-2)11(17)13-10-6-8(3)19-15-10/h6-7H,4-5H2,1-3H3,(H,13,15,17). The van der Waals surface area contributed by atoms with Crippen molar-refractivity contribution in [2.45, 2.75) is 27.3 Å².